The minimum absolute atomic E-state index is 0.0662. The Morgan fingerprint density at radius 2 is 2.23 bits per heavy atom. The zero-order valence-corrected chi connectivity index (χ0v) is 13.4. The Morgan fingerprint density at radius 1 is 1.41 bits per heavy atom. The second-order valence-corrected chi connectivity index (χ2v) is 6.28. The van der Waals surface area contributed by atoms with Crippen molar-refractivity contribution in [2.75, 3.05) is 26.2 Å². The van der Waals surface area contributed by atoms with Crippen molar-refractivity contribution >= 4 is 17.2 Å². The quantitative estimate of drug-likeness (QED) is 0.938. The second-order valence-electron chi connectivity index (χ2n) is 5.22. The molecule has 0 radical (unpaired) electrons. The van der Waals surface area contributed by atoms with Crippen LogP contribution in [0.1, 0.15) is 21.1 Å². The van der Waals surface area contributed by atoms with Crippen molar-refractivity contribution in [1.29, 1.82) is 0 Å². The van der Waals surface area contributed by atoms with E-state index in [4.69, 9.17) is 4.74 Å². The molecule has 2 aromatic rings. The number of nitrogens with zero attached hydrogens (tertiary/aromatic N) is 2. The molecule has 1 saturated heterocycles. The van der Waals surface area contributed by atoms with E-state index in [0.29, 0.717) is 17.9 Å². The predicted molar refractivity (Wildman–Crippen MR) is 86.4 cm³/mol. The lowest BCUT2D eigenvalue weighted by atomic mass is 10.1. The molecule has 1 N–H and O–H groups in total. The third-order valence-corrected chi connectivity index (χ3v) is 4.36. The van der Waals surface area contributed by atoms with Crippen molar-refractivity contribution in [2.45, 2.75) is 13.5 Å². The van der Waals surface area contributed by atoms with Crippen LogP contribution in [0.3, 0.4) is 0 Å². The molecular weight excluding hydrogens is 298 g/mol. The van der Waals surface area contributed by atoms with Gasteiger partial charge in [-0.2, -0.15) is 0 Å². The first-order valence-electron chi connectivity index (χ1n) is 7.36. The average molecular weight is 317 g/mol. The fourth-order valence-electron chi connectivity index (χ4n) is 2.40. The summed E-state index contributed by atoms with van der Waals surface area (Å²) in [7, 11) is 0. The van der Waals surface area contributed by atoms with Crippen molar-refractivity contribution in [3.8, 4) is 5.75 Å². The highest BCUT2D eigenvalue weighted by Gasteiger charge is 2.18. The van der Waals surface area contributed by atoms with E-state index in [1.165, 1.54) is 0 Å². The molecule has 1 amide bonds. The fourth-order valence-corrected chi connectivity index (χ4v) is 3.00. The van der Waals surface area contributed by atoms with E-state index < -0.39 is 0 Å². The van der Waals surface area contributed by atoms with Gasteiger partial charge in [-0.25, -0.2) is 4.98 Å². The van der Waals surface area contributed by atoms with Gasteiger partial charge in [0, 0.05) is 37.1 Å². The minimum atomic E-state index is 0.0662. The molecule has 0 unspecified atom stereocenters. The van der Waals surface area contributed by atoms with Crippen LogP contribution in [-0.4, -0.2) is 42.0 Å². The number of benzene rings is 1. The number of aromatic nitrogens is 1. The van der Waals surface area contributed by atoms with E-state index in [9.17, 15) is 4.79 Å². The van der Waals surface area contributed by atoms with Crippen molar-refractivity contribution in [3.05, 3.63) is 45.9 Å². The van der Waals surface area contributed by atoms with E-state index in [0.717, 1.165) is 36.9 Å². The van der Waals surface area contributed by atoms with Gasteiger partial charge in [0.1, 0.15) is 12.4 Å². The van der Waals surface area contributed by atoms with Gasteiger partial charge in [-0.3, -0.25) is 4.79 Å². The van der Waals surface area contributed by atoms with Gasteiger partial charge in [0.25, 0.3) is 5.91 Å². The monoisotopic (exact) mass is 317 g/mol. The standard InChI is InChI=1S/C16H19N3O2S/c1-12-18-14(11-22-12)10-21-15-4-2-3-13(9-15)16(20)19-7-5-17-6-8-19/h2-4,9,11,17H,5-8,10H2,1H3. The van der Waals surface area contributed by atoms with E-state index in [1.54, 1.807) is 11.3 Å². The smallest absolute Gasteiger partial charge is 0.254 e. The number of amides is 1. The van der Waals surface area contributed by atoms with Gasteiger partial charge in [0.2, 0.25) is 0 Å². The molecule has 22 heavy (non-hydrogen) atoms. The Morgan fingerprint density at radius 3 is 2.95 bits per heavy atom. The van der Waals surface area contributed by atoms with Crippen LogP contribution >= 0.6 is 11.3 Å². The lowest BCUT2D eigenvalue weighted by molar-refractivity contribution is 0.0735. The molecule has 5 nitrogen and oxygen atoms in total. The van der Waals surface area contributed by atoms with Crippen molar-refractivity contribution in [2.24, 2.45) is 0 Å². The average Bonchev–Trinajstić information content (AvgIpc) is 2.99. The predicted octanol–water partition coefficient (Wildman–Crippen LogP) is 2.08. The third-order valence-electron chi connectivity index (χ3n) is 3.54. The van der Waals surface area contributed by atoms with E-state index in [2.05, 4.69) is 10.3 Å². The number of carbonyl (C=O) groups excluding carboxylic acids is 1. The summed E-state index contributed by atoms with van der Waals surface area (Å²) in [6.07, 6.45) is 0. The maximum Gasteiger partial charge on any atom is 0.254 e. The van der Waals surface area contributed by atoms with Gasteiger partial charge >= 0.3 is 0 Å². The molecule has 0 spiro atoms. The first-order chi connectivity index (χ1) is 10.7. The lowest BCUT2D eigenvalue weighted by Crippen LogP contribution is -2.46. The van der Waals surface area contributed by atoms with Crippen LogP contribution in [0.5, 0.6) is 5.75 Å². The Labute approximate surface area is 133 Å². The molecule has 116 valence electrons. The number of carbonyl (C=O) groups is 1. The normalized spacial score (nSPS) is 14.9. The van der Waals surface area contributed by atoms with Gasteiger partial charge in [-0.05, 0) is 25.1 Å². The van der Waals surface area contributed by atoms with Gasteiger partial charge < -0.3 is 15.0 Å². The number of thiazole rings is 1. The van der Waals surface area contributed by atoms with Crippen LogP contribution in [0.4, 0.5) is 0 Å². The van der Waals surface area contributed by atoms with Crippen LogP contribution in [0.15, 0.2) is 29.6 Å². The van der Waals surface area contributed by atoms with Crippen LogP contribution < -0.4 is 10.1 Å². The third kappa shape index (κ3) is 3.64. The molecule has 2 heterocycles. The van der Waals surface area contributed by atoms with Crippen molar-refractivity contribution in [3.63, 3.8) is 0 Å². The van der Waals surface area contributed by atoms with E-state index >= 15 is 0 Å². The van der Waals surface area contributed by atoms with Crippen LogP contribution in [0, 0.1) is 6.92 Å². The topological polar surface area (TPSA) is 54.5 Å². The van der Waals surface area contributed by atoms with E-state index in [1.807, 2.05) is 41.5 Å². The maximum absolute atomic E-state index is 12.5. The first-order valence-corrected chi connectivity index (χ1v) is 8.24. The number of hydrogen-bond acceptors (Lipinski definition) is 5. The number of rotatable bonds is 4. The molecule has 6 heteroatoms. The summed E-state index contributed by atoms with van der Waals surface area (Å²) in [5.74, 6) is 0.767. The van der Waals surface area contributed by atoms with Crippen molar-refractivity contribution in [1.82, 2.24) is 15.2 Å². The second kappa shape index (κ2) is 6.89. The van der Waals surface area contributed by atoms with Crippen LogP contribution in [0.25, 0.3) is 0 Å². The summed E-state index contributed by atoms with van der Waals surface area (Å²) in [6, 6.07) is 7.37. The molecular formula is C16H19N3O2S. The number of aryl methyl sites for hydroxylation is 1. The first kappa shape index (κ1) is 15.0. The summed E-state index contributed by atoms with van der Waals surface area (Å²) in [5, 5.41) is 6.27. The van der Waals surface area contributed by atoms with Crippen molar-refractivity contribution < 1.29 is 9.53 Å². The zero-order valence-electron chi connectivity index (χ0n) is 12.5. The molecule has 3 rings (SSSR count). The summed E-state index contributed by atoms with van der Waals surface area (Å²) in [4.78, 5) is 18.7. The Balaban J connectivity index is 1.65. The van der Waals surface area contributed by atoms with E-state index in [-0.39, 0.29) is 5.91 Å². The summed E-state index contributed by atoms with van der Waals surface area (Å²) in [5.41, 5.74) is 1.59. The number of hydrogen-bond donors (Lipinski definition) is 1. The molecule has 0 bridgehead atoms. The Bertz CT molecular complexity index is 650. The Kier molecular flexibility index (Phi) is 4.70. The van der Waals surface area contributed by atoms with Gasteiger partial charge in [0.05, 0.1) is 10.7 Å². The fraction of sp³-hybridized carbons (Fsp3) is 0.375. The number of nitrogens with one attached hydrogen (secondary N) is 1. The lowest BCUT2D eigenvalue weighted by Gasteiger charge is -2.27. The summed E-state index contributed by atoms with van der Waals surface area (Å²) in [6.45, 7) is 5.61. The van der Waals surface area contributed by atoms with Gasteiger partial charge in [0.15, 0.2) is 0 Å². The molecule has 1 aromatic heterocycles. The molecule has 1 aliphatic heterocycles. The van der Waals surface area contributed by atoms with Crippen LogP contribution in [0.2, 0.25) is 0 Å². The van der Waals surface area contributed by atoms with Gasteiger partial charge in [-0.15, -0.1) is 11.3 Å². The zero-order chi connectivity index (χ0) is 15.4. The molecule has 1 aromatic carbocycles. The van der Waals surface area contributed by atoms with Gasteiger partial charge in [-0.1, -0.05) is 6.07 Å². The summed E-state index contributed by atoms with van der Waals surface area (Å²) < 4.78 is 5.74. The Hall–Kier alpha value is -1.92. The SMILES string of the molecule is Cc1nc(COc2cccc(C(=O)N3CCNCC3)c2)cs1. The molecule has 0 aliphatic carbocycles. The largest absolute Gasteiger partial charge is 0.487 e. The number of ether oxygens (including phenoxy) is 1. The highest BCUT2D eigenvalue weighted by molar-refractivity contribution is 7.09. The molecule has 0 saturated carbocycles. The molecule has 1 fully saturated rings. The summed E-state index contributed by atoms with van der Waals surface area (Å²) >= 11 is 1.61. The minimum Gasteiger partial charge on any atom is -0.487 e. The molecule has 0 atom stereocenters. The maximum atomic E-state index is 12.5. The highest BCUT2D eigenvalue weighted by Crippen LogP contribution is 2.17. The highest BCUT2D eigenvalue weighted by atomic mass is 32.1. The number of piperazine rings is 1. The van der Waals surface area contributed by atoms with Crippen LogP contribution in [-0.2, 0) is 6.61 Å². The molecule has 1 aliphatic rings.